The van der Waals surface area contributed by atoms with Crippen LogP contribution in [0.15, 0.2) is 61.1 Å². The number of ether oxygens (including phenoxy) is 1. The number of piperidine rings is 1. The molecule has 4 aromatic rings. The van der Waals surface area contributed by atoms with Crippen LogP contribution in [0.25, 0.3) is 22.2 Å². The molecule has 0 radical (unpaired) electrons. The number of aliphatic hydroxyl groups is 1. The normalized spacial score (nSPS) is 29.6. The van der Waals surface area contributed by atoms with Gasteiger partial charge in [0.1, 0.15) is 29.6 Å². The first-order valence-electron chi connectivity index (χ1n) is 15.0. The molecule has 3 fully saturated rings. The molecule has 4 aliphatic rings. The minimum atomic E-state index is -0.101. The molecular weight excluding hydrogens is 498 g/mol. The molecule has 1 saturated carbocycles. The van der Waals surface area contributed by atoms with E-state index in [1.165, 1.54) is 24.0 Å². The Labute approximate surface area is 235 Å². The number of aryl methyl sites for hydroxylation is 1. The van der Waals surface area contributed by atoms with Gasteiger partial charge in [-0.1, -0.05) is 42.5 Å². The van der Waals surface area contributed by atoms with Gasteiger partial charge in [-0.3, -0.25) is 4.90 Å². The third-order valence-electron chi connectivity index (χ3n) is 10.1. The summed E-state index contributed by atoms with van der Waals surface area (Å²) in [5.74, 6) is 2.17. The highest BCUT2D eigenvalue weighted by atomic mass is 16.5. The molecule has 40 heavy (non-hydrogen) atoms. The predicted molar refractivity (Wildman–Crippen MR) is 156 cm³/mol. The van der Waals surface area contributed by atoms with Gasteiger partial charge in [0.25, 0.3) is 0 Å². The Balaban J connectivity index is 1.06. The van der Waals surface area contributed by atoms with Crippen LogP contribution in [0.1, 0.15) is 68.2 Å². The van der Waals surface area contributed by atoms with Crippen molar-refractivity contribution in [3.8, 4) is 16.9 Å². The van der Waals surface area contributed by atoms with Gasteiger partial charge in [0, 0.05) is 36.4 Å². The van der Waals surface area contributed by atoms with E-state index in [1.807, 2.05) is 6.07 Å². The number of hydrogen-bond acceptors (Lipinski definition) is 6. The molecule has 7 heteroatoms. The average Bonchev–Trinajstić information content (AvgIpc) is 3.45. The van der Waals surface area contributed by atoms with Crippen LogP contribution in [0.5, 0.6) is 5.75 Å². The standard InChI is InChI=1S/C33H37N5O2/c34-32-31-28(23-7-6-22-8-11-29(40-30(22)14-23)21-4-2-1-3-5-21)18-38(33(31)36-19-35-32)26-12-20(13-26)17-37-24-9-10-25(37)16-27(39)15-24/h1-7,14,18-20,24-27,29,39H,8-13,15-17H2,(H2,34,35,36)/t20-,24-,25?,26+,27?,29+/m0/s1. The molecule has 0 spiro atoms. The molecule has 4 atom stereocenters. The molecule has 8 rings (SSSR count). The molecule has 2 aromatic heterocycles. The fourth-order valence-electron chi connectivity index (χ4n) is 7.96. The quantitative estimate of drug-likeness (QED) is 0.342. The summed E-state index contributed by atoms with van der Waals surface area (Å²) in [7, 11) is 0. The molecule has 3 aliphatic heterocycles. The summed E-state index contributed by atoms with van der Waals surface area (Å²) in [6.45, 7) is 1.16. The topological polar surface area (TPSA) is 89.4 Å². The van der Waals surface area contributed by atoms with Gasteiger partial charge in [0.15, 0.2) is 0 Å². The lowest BCUT2D eigenvalue weighted by molar-refractivity contribution is 0.0124. The Morgan fingerprint density at radius 2 is 1.73 bits per heavy atom. The van der Waals surface area contributed by atoms with E-state index in [2.05, 4.69) is 63.1 Å². The van der Waals surface area contributed by atoms with Gasteiger partial charge in [-0.15, -0.1) is 0 Å². The van der Waals surface area contributed by atoms with Crippen LogP contribution in [-0.2, 0) is 6.42 Å². The second-order valence-corrected chi connectivity index (χ2v) is 12.5. The number of nitrogens with two attached hydrogens (primary N) is 1. The molecule has 0 amide bonds. The van der Waals surface area contributed by atoms with Crippen molar-refractivity contribution in [1.29, 1.82) is 0 Å². The van der Waals surface area contributed by atoms with Gasteiger partial charge < -0.3 is 20.1 Å². The van der Waals surface area contributed by atoms with Crippen molar-refractivity contribution in [1.82, 2.24) is 19.4 Å². The van der Waals surface area contributed by atoms with E-state index in [4.69, 9.17) is 15.5 Å². The molecular formula is C33H37N5O2. The molecule has 2 unspecified atom stereocenters. The number of nitrogens with zero attached hydrogens (tertiary/aromatic N) is 4. The fourth-order valence-corrected chi connectivity index (χ4v) is 7.96. The summed E-state index contributed by atoms with van der Waals surface area (Å²) in [5.41, 5.74) is 12.1. The van der Waals surface area contributed by atoms with Crippen LogP contribution < -0.4 is 10.5 Å². The summed E-state index contributed by atoms with van der Waals surface area (Å²) < 4.78 is 8.88. The highest BCUT2D eigenvalue weighted by molar-refractivity contribution is 6.00. The molecule has 2 bridgehead atoms. The molecule has 5 heterocycles. The van der Waals surface area contributed by atoms with Gasteiger partial charge >= 0.3 is 0 Å². The Morgan fingerprint density at radius 3 is 2.52 bits per heavy atom. The zero-order valence-electron chi connectivity index (χ0n) is 22.8. The Morgan fingerprint density at radius 1 is 0.925 bits per heavy atom. The highest BCUT2D eigenvalue weighted by Crippen LogP contribution is 2.46. The molecule has 2 aromatic carbocycles. The Hall–Kier alpha value is -3.42. The van der Waals surface area contributed by atoms with Crippen LogP contribution in [0.3, 0.4) is 0 Å². The minimum Gasteiger partial charge on any atom is -0.485 e. The largest absolute Gasteiger partial charge is 0.485 e. The zero-order valence-corrected chi connectivity index (χ0v) is 22.8. The monoisotopic (exact) mass is 535 g/mol. The van der Waals surface area contributed by atoms with E-state index in [9.17, 15) is 5.11 Å². The maximum absolute atomic E-state index is 10.2. The lowest BCUT2D eigenvalue weighted by atomic mass is 9.79. The van der Waals surface area contributed by atoms with E-state index >= 15 is 0 Å². The summed E-state index contributed by atoms with van der Waals surface area (Å²) in [6, 6.07) is 18.7. The predicted octanol–water partition coefficient (Wildman–Crippen LogP) is 5.69. The van der Waals surface area contributed by atoms with Gasteiger partial charge in [-0.25, -0.2) is 9.97 Å². The van der Waals surface area contributed by atoms with E-state index in [0.717, 1.165) is 73.0 Å². The first-order valence-corrected chi connectivity index (χ1v) is 15.0. The molecule has 7 nitrogen and oxygen atoms in total. The van der Waals surface area contributed by atoms with E-state index < -0.39 is 0 Å². The fraction of sp³-hybridized carbons (Fsp3) is 0.455. The second-order valence-electron chi connectivity index (χ2n) is 12.5. The molecule has 206 valence electrons. The van der Waals surface area contributed by atoms with Crippen molar-refractivity contribution in [3.05, 3.63) is 72.2 Å². The third kappa shape index (κ3) is 4.10. The maximum Gasteiger partial charge on any atom is 0.146 e. The first kappa shape index (κ1) is 24.4. The number of aliphatic hydroxyl groups excluding tert-OH is 1. The second kappa shape index (κ2) is 9.60. The third-order valence-corrected chi connectivity index (χ3v) is 10.1. The summed E-state index contributed by atoms with van der Waals surface area (Å²) in [4.78, 5) is 11.8. The minimum absolute atomic E-state index is 0.0732. The summed E-state index contributed by atoms with van der Waals surface area (Å²) in [5, 5.41) is 11.1. The van der Waals surface area contributed by atoms with E-state index in [0.29, 0.717) is 29.9 Å². The maximum atomic E-state index is 10.2. The summed E-state index contributed by atoms with van der Waals surface area (Å²) >= 11 is 0. The zero-order chi connectivity index (χ0) is 26.8. The summed E-state index contributed by atoms with van der Waals surface area (Å²) in [6.07, 6.45) is 12.5. The number of nitrogen functional groups attached to an aromatic ring is 1. The lowest BCUT2D eigenvalue weighted by Crippen LogP contribution is -2.48. The number of rotatable bonds is 5. The van der Waals surface area contributed by atoms with Crippen LogP contribution >= 0.6 is 0 Å². The first-order chi connectivity index (χ1) is 19.6. The van der Waals surface area contributed by atoms with Crippen molar-refractivity contribution in [3.63, 3.8) is 0 Å². The Kier molecular flexibility index (Phi) is 5.85. The van der Waals surface area contributed by atoms with E-state index in [1.54, 1.807) is 6.33 Å². The van der Waals surface area contributed by atoms with Crippen molar-refractivity contribution in [2.75, 3.05) is 12.3 Å². The average molecular weight is 536 g/mol. The number of aromatic nitrogens is 3. The number of hydrogen-bond donors (Lipinski definition) is 2. The van der Waals surface area contributed by atoms with Crippen molar-refractivity contribution >= 4 is 16.9 Å². The van der Waals surface area contributed by atoms with Crippen molar-refractivity contribution in [2.45, 2.75) is 81.7 Å². The molecule has 2 saturated heterocycles. The number of benzene rings is 2. The van der Waals surface area contributed by atoms with Crippen molar-refractivity contribution < 1.29 is 9.84 Å². The number of anilines is 1. The van der Waals surface area contributed by atoms with Crippen LogP contribution in [0.2, 0.25) is 0 Å². The SMILES string of the molecule is Nc1ncnc2c1c(-c1ccc3c(c1)O[C@@H](c1ccccc1)CC3)cn2[C@H]1C[C@@H](CN2C3CC[C@H]2CC(O)C3)C1. The van der Waals surface area contributed by atoms with Gasteiger partial charge in [-0.2, -0.15) is 0 Å². The van der Waals surface area contributed by atoms with Crippen LogP contribution in [-0.4, -0.2) is 49.3 Å². The van der Waals surface area contributed by atoms with Gasteiger partial charge in [-0.05, 0) is 80.0 Å². The molecule has 3 N–H and O–H groups in total. The van der Waals surface area contributed by atoms with Crippen LogP contribution in [0, 0.1) is 5.92 Å². The number of fused-ring (bicyclic) bond motifs is 4. The van der Waals surface area contributed by atoms with Crippen molar-refractivity contribution in [2.24, 2.45) is 5.92 Å². The lowest BCUT2D eigenvalue weighted by Gasteiger charge is -2.44. The smallest absolute Gasteiger partial charge is 0.146 e. The van der Waals surface area contributed by atoms with E-state index in [-0.39, 0.29) is 12.2 Å². The van der Waals surface area contributed by atoms with Gasteiger partial charge in [0.2, 0.25) is 0 Å². The van der Waals surface area contributed by atoms with Gasteiger partial charge in [0.05, 0.1) is 11.5 Å². The highest BCUT2D eigenvalue weighted by Gasteiger charge is 2.43. The Bertz CT molecular complexity index is 1530. The van der Waals surface area contributed by atoms with Crippen LogP contribution in [0.4, 0.5) is 5.82 Å². The molecule has 1 aliphatic carbocycles.